The molecule has 28 heavy (non-hydrogen) atoms. The lowest BCUT2D eigenvalue weighted by atomic mass is 10.2. The molecule has 0 aliphatic carbocycles. The number of hydrogen-bond acceptors (Lipinski definition) is 6. The molecule has 148 valence electrons. The fourth-order valence-electron chi connectivity index (χ4n) is 3.08. The van der Waals surface area contributed by atoms with Crippen LogP contribution < -0.4 is 14.8 Å². The van der Waals surface area contributed by atoms with Gasteiger partial charge >= 0.3 is 5.97 Å². The van der Waals surface area contributed by atoms with Gasteiger partial charge < -0.3 is 14.4 Å². The molecule has 1 atom stereocenters. The molecule has 0 radical (unpaired) electrons. The Balaban J connectivity index is 1.80. The number of rotatable bonds is 5. The van der Waals surface area contributed by atoms with Crippen LogP contribution in [0.2, 0.25) is 0 Å². The van der Waals surface area contributed by atoms with E-state index in [-0.39, 0.29) is 22.1 Å². The quantitative estimate of drug-likeness (QED) is 0.755. The molecule has 0 saturated carbocycles. The number of para-hydroxylation sites is 1. The minimum absolute atomic E-state index is 0.114. The molecule has 0 saturated heterocycles. The van der Waals surface area contributed by atoms with E-state index < -0.39 is 22.1 Å². The molecule has 8 nitrogen and oxygen atoms in total. The van der Waals surface area contributed by atoms with Gasteiger partial charge in [0, 0.05) is 12.2 Å². The van der Waals surface area contributed by atoms with Crippen molar-refractivity contribution < 1.29 is 27.5 Å². The third-order valence-electron chi connectivity index (χ3n) is 4.50. The van der Waals surface area contributed by atoms with Crippen molar-refractivity contribution in [1.82, 2.24) is 0 Å². The van der Waals surface area contributed by atoms with Crippen LogP contribution in [0.25, 0.3) is 0 Å². The number of benzene rings is 2. The maximum Gasteiger partial charge on any atom is 0.342 e. The van der Waals surface area contributed by atoms with E-state index in [1.807, 2.05) is 24.3 Å². The number of sulfonamides is 1. The lowest BCUT2D eigenvalue weighted by Gasteiger charge is -2.22. The van der Waals surface area contributed by atoms with Gasteiger partial charge in [-0.25, -0.2) is 18.4 Å². The van der Waals surface area contributed by atoms with Crippen molar-refractivity contribution in [3.8, 4) is 5.75 Å². The van der Waals surface area contributed by atoms with Crippen molar-refractivity contribution in [2.24, 2.45) is 5.14 Å². The van der Waals surface area contributed by atoms with Crippen LogP contribution in [-0.2, 0) is 26.0 Å². The first-order valence-corrected chi connectivity index (χ1v) is 10.1. The molecule has 2 aromatic carbocycles. The van der Waals surface area contributed by atoms with Crippen molar-refractivity contribution in [2.75, 3.05) is 18.6 Å². The Morgan fingerprint density at radius 1 is 1.18 bits per heavy atom. The molecule has 2 aromatic rings. The zero-order chi connectivity index (χ0) is 20.5. The standard InChI is InChI=1S/C19H20N2O6S/c1-12(18(22)21-10-9-13-5-3-4-6-16(13)21)27-19(23)15-11-14(28(20,24)25)7-8-17(15)26-2/h3-8,11-12H,9-10H2,1-2H3,(H2,20,24,25)/t12-/m1/s1. The summed E-state index contributed by atoms with van der Waals surface area (Å²) in [6.07, 6.45) is -0.339. The number of carbonyl (C=O) groups excluding carboxylic acids is 2. The Kier molecular flexibility index (Phi) is 5.39. The van der Waals surface area contributed by atoms with Crippen molar-refractivity contribution in [3.63, 3.8) is 0 Å². The number of nitrogens with zero attached hydrogens (tertiary/aromatic N) is 1. The number of primary sulfonamides is 1. The zero-order valence-corrected chi connectivity index (χ0v) is 16.2. The summed E-state index contributed by atoms with van der Waals surface area (Å²) in [6, 6.07) is 11.1. The van der Waals surface area contributed by atoms with Crippen LogP contribution in [0, 0.1) is 0 Å². The predicted molar refractivity (Wildman–Crippen MR) is 102 cm³/mol. The van der Waals surface area contributed by atoms with E-state index in [1.165, 1.54) is 26.2 Å². The van der Waals surface area contributed by atoms with Crippen LogP contribution in [0.4, 0.5) is 5.69 Å². The summed E-state index contributed by atoms with van der Waals surface area (Å²) in [5.74, 6) is -1.13. The van der Waals surface area contributed by atoms with Crippen molar-refractivity contribution in [3.05, 3.63) is 53.6 Å². The van der Waals surface area contributed by atoms with Gasteiger partial charge in [0.2, 0.25) is 10.0 Å². The largest absolute Gasteiger partial charge is 0.496 e. The average molecular weight is 404 g/mol. The van der Waals surface area contributed by atoms with E-state index >= 15 is 0 Å². The lowest BCUT2D eigenvalue weighted by molar-refractivity contribution is -0.126. The molecule has 0 spiro atoms. The number of esters is 1. The first-order chi connectivity index (χ1) is 13.2. The van der Waals surface area contributed by atoms with Crippen molar-refractivity contribution in [1.29, 1.82) is 0 Å². The summed E-state index contributed by atoms with van der Waals surface area (Å²) in [5, 5.41) is 5.11. The molecular formula is C19H20N2O6S. The van der Waals surface area contributed by atoms with Gasteiger partial charge in [0.1, 0.15) is 11.3 Å². The van der Waals surface area contributed by atoms with Crippen LogP contribution >= 0.6 is 0 Å². The summed E-state index contributed by atoms with van der Waals surface area (Å²) in [7, 11) is -2.68. The Hall–Kier alpha value is -2.91. The minimum Gasteiger partial charge on any atom is -0.496 e. The molecule has 9 heteroatoms. The smallest absolute Gasteiger partial charge is 0.342 e. The van der Waals surface area contributed by atoms with E-state index in [0.29, 0.717) is 6.54 Å². The molecule has 1 amide bonds. The van der Waals surface area contributed by atoms with Gasteiger partial charge in [-0.05, 0) is 43.2 Å². The predicted octanol–water partition coefficient (Wildman–Crippen LogP) is 1.48. The Bertz CT molecular complexity index is 1030. The first-order valence-electron chi connectivity index (χ1n) is 8.53. The Labute approximate surface area is 162 Å². The maximum absolute atomic E-state index is 12.8. The molecule has 2 N–H and O–H groups in total. The number of anilines is 1. The number of nitrogens with two attached hydrogens (primary N) is 1. The molecule has 1 aliphatic rings. The van der Waals surface area contributed by atoms with Gasteiger partial charge in [0.05, 0.1) is 12.0 Å². The summed E-state index contributed by atoms with van der Waals surface area (Å²) >= 11 is 0. The summed E-state index contributed by atoms with van der Waals surface area (Å²) in [6.45, 7) is 1.97. The highest BCUT2D eigenvalue weighted by Crippen LogP contribution is 2.29. The minimum atomic E-state index is -4.01. The SMILES string of the molecule is COc1ccc(S(N)(=O)=O)cc1C(=O)O[C@H](C)C(=O)N1CCc2ccccc21. The van der Waals surface area contributed by atoms with E-state index in [0.717, 1.165) is 23.7 Å². The topological polar surface area (TPSA) is 116 Å². The summed E-state index contributed by atoms with van der Waals surface area (Å²) in [5.41, 5.74) is 1.72. The second-order valence-corrected chi connectivity index (χ2v) is 7.88. The van der Waals surface area contributed by atoms with Crippen LogP contribution in [0.3, 0.4) is 0 Å². The normalized spacial score (nSPS) is 14.3. The number of amides is 1. The van der Waals surface area contributed by atoms with Crippen LogP contribution in [0.5, 0.6) is 5.75 Å². The monoisotopic (exact) mass is 404 g/mol. The highest BCUT2D eigenvalue weighted by atomic mass is 32.2. The summed E-state index contributed by atoms with van der Waals surface area (Å²) in [4.78, 5) is 26.6. The molecule has 0 fully saturated rings. The number of hydrogen-bond donors (Lipinski definition) is 1. The fourth-order valence-corrected chi connectivity index (χ4v) is 3.62. The molecule has 0 unspecified atom stereocenters. The second-order valence-electron chi connectivity index (χ2n) is 6.32. The molecule has 0 bridgehead atoms. The highest BCUT2D eigenvalue weighted by molar-refractivity contribution is 7.89. The second kappa shape index (κ2) is 7.61. The van der Waals surface area contributed by atoms with Gasteiger partial charge in [0.15, 0.2) is 6.10 Å². The number of carbonyl (C=O) groups is 2. The molecule has 3 rings (SSSR count). The van der Waals surface area contributed by atoms with E-state index in [9.17, 15) is 18.0 Å². The van der Waals surface area contributed by atoms with Gasteiger partial charge in [-0.2, -0.15) is 0 Å². The number of ether oxygens (including phenoxy) is 2. The first kappa shape index (κ1) is 19.8. The van der Waals surface area contributed by atoms with Gasteiger partial charge in [-0.1, -0.05) is 18.2 Å². The van der Waals surface area contributed by atoms with Gasteiger partial charge in [-0.3, -0.25) is 4.79 Å². The van der Waals surface area contributed by atoms with Crippen LogP contribution in [0.15, 0.2) is 47.4 Å². The number of fused-ring (bicyclic) bond motifs is 1. The molecule has 1 aliphatic heterocycles. The third-order valence-corrected chi connectivity index (χ3v) is 5.42. The highest BCUT2D eigenvalue weighted by Gasteiger charge is 2.30. The van der Waals surface area contributed by atoms with Crippen molar-refractivity contribution >= 4 is 27.6 Å². The summed E-state index contributed by atoms with van der Waals surface area (Å²) < 4.78 is 33.5. The average Bonchev–Trinajstić information content (AvgIpc) is 3.10. The molecule has 0 aromatic heterocycles. The van der Waals surface area contributed by atoms with E-state index in [1.54, 1.807) is 4.90 Å². The Morgan fingerprint density at radius 3 is 2.57 bits per heavy atom. The van der Waals surface area contributed by atoms with Crippen LogP contribution in [-0.4, -0.2) is 40.1 Å². The lowest BCUT2D eigenvalue weighted by Crippen LogP contribution is -2.39. The third kappa shape index (κ3) is 3.85. The fraction of sp³-hybridized carbons (Fsp3) is 0.263. The molecule has 1 heterocycles. The van der Waals surface area contributed by atoms with E-state index in [4.69, 9.17) is 14.6 Å². The van der Waals surface area contributed by atoms with E-state index in [2.05, 4.69) is 0 Å². The van der Waals surface area contributed by atoms with Crippen LogP contribution in [0.1, 0.15) is 22.8 Å². The number of methoxy groups -OCH3 is 1. The molecular weight excluding hydrogens is 384 g/mol. The van der Waals surface area contributed by atoms with Gasteiger partial charge in [0.25, 0.3) is 5.91 Å². The Morgan fingerprint density at radius 2 is 1.89 bits per heavy atom. The van der Waals surface area contributed by atoms with Crippen molar-refractivity contribution in [2.45, 2.75) is 24.3 Å². The van der Waals surface area contributed by atoms with Gasteiger partial charge in [-0.15, -0.1) is 0 Å². The maximum atomic E-state index is 12.8. The zero-order valence-electron chi connectivity index (χ0n) is 15.4.